The summed E-state index contributed by atoms with van der Waals surface area (Å²) in [7, 11) is 0. The molecule has 0 saturated carbocycles. The number of aliphatic carboxylic acids is 1. The fourth-order valence-corrected chi connectivity index (χ4v) is 1.15. The summed E-state index contributed by atoms with van der Waals surface area (Å²) in [6.07, 6.45) is 0. The van der Waals surface area contributed by atoms with Crippen LogP contribution in [-0.2, 0) is 4.79 Å². The fourth-order valence-electron chi connectivity index (χ4n) is 1.15. The molecule has 0 fully saturated rings. The molecule has 1 aromatic carbocycles. The highest BCUT2D eigenvalue weighted by molar-refractivity contribution is 5.75. The monoisotopic (exact) mass is 191 g/mol. The van der Waals surface area contributed by atoms with Crippen LogP contribution in [-0.4, -0.2) is 11.1 Å². The zero-order valence-electron chi connectivity index (χ0n) is 7.58. The second-order valence-electron chi connectivity index (χ2n) is 2.86. The van der Waals surface area contributed by atoms with E-state index < -0.39 is 12.0 Å². The number of aryl methyl sites for hydroxylation is 1. The lowest BCUT2D eigenvalue weighted by Crippen LogP contribution is -2.08. The van der Waals surface area contributed by atoms with E-state index in [9.17, 15) is 4.79 Å². The van der Waals surface area contributed by atoms with Gasteiger partial charge >= 0.3 is 5.97 Å². The van der Waals surface area contributed by atoms with Gasteiger partial charge in [0.1, 0.15) is 0 Å². The van der Waals surface area contributed by atoms with Crippen molar-refractivity contribution in [1.82, 2.24) is 0 Å². The van der Waals surface area contributed by atoms with Crippen LogP contribution in [0.4, 0.5) is 0 Å². The molecule has 5 heteroatoms. The summed E-state index contributed by atoms with van der Waals surface area (Å²) in [4.78, 5) is 13.2. The van der Waals surface area contributed by atoms with Gasteiger partial charge in [-0.2, -0.15) is 0 Å². The smallest absolute Gasteiger partial charge is 0.316 e. The van der Waals surface area contributed by atoms with Gasteiger partial charge in [0, 0.05) is 4.91 Å². The van der Waals surface area contributed by atoms with E-state index in [2.05, 4.69) is 10.0 Å². The molecule has 0 spiro atoms. The number of benzene rings is 1. The lowest BCUT2D eigenvalue weighted by Gasteiger charge is -2.06. The van der Waals surface area contributed by atoms with Gasteiger partial charge in [0.05, 0.1) is 0 Å². The van der Waals surface area contributed by atoms with Crippen molar-refractivity contribution in [3.63, 3.8) is 0 Å². The molecule has 0 aliphatic heterocycles. The number of azide groups is 1. The molecule has 0 aromatic heterocycles. The first-order valence-electron chi connectivity index (χ1n) is 3.98. The third-order valence-corrected chi connectivity index (χ3v) is 1.76. The van der Waals surface area contributed by atoms with E-state index in [1.165, 1.54) is 0 Å². The van der Waals surface area contributed by atoms with E-state index in [4.69, 9.17) is 10.6 Å². The van der Waals surface area contributed by atoms with Gasteiger partial charge in [-0.15, -0.1) is 0 Å². The predicted octanol–water partition coefficient (Wildman–Crippen LogP) is 2.43. The highest BCUT2D eigenvalue weighted by Gasteiger charge is 2.17. The van der Waals surface area contributed by atoms with Crippen molar-refractivity contribution in [3.8, 4) is 0 Å². The number of carboxylic acid groups (broad SMARTS) is 1. The number of carbonyl (C=O) groups is 1. The van der Waals surface area contributed by atoms with E-state index in [-0.39, 0.29) is 0 Å². The van der Waals surface area contributed by atoms with Crippen molar-refractivity contribution in [1.29, 1.82) is 0 Å². The number of hydrogen-bond donors (Lipinski definition) is 1. The Bertz CT molecular complexity index is 395. The van der Waals surface area contributed by atoms with Gasteiger partial charge in [0.2, 0.25) is 0 Å². The topological polar surface area (TPSA) is 86.1 Å². The Morgan fingerprint density at radius 3 is 2.86 bits per heavy atom. The lowest BCUT2D eigenvalue weighted by molar-refractivity contribution is -0.138. The van der Waals surface area contributed by atoms with Crippen molar-refractivity contribution in [2.45, 2.75) is 13.0 Å². The molecule has 0 radical (unpaired) electrons. The van der Waals surface area contributed by atoms with Crippen molar-refractivity contribution in [3.05, 3.63) is 45.8 Å². The van der Waals surface area contributed by atoms with Crippen LogP contribution in [0.25, 0.3) is 10.4 Å². The third-order valence-electron chi connectivity index (χ3n) is 1.76. The number of carboxylic acids is 1. The van der Waals surface area contributed by atoms with E-state index in [0.717, 1.165) is 5.56 Å². The average Bonchev–Trinajstić information content (AvgIpc) is 2.13. The van der Waals surface area contributed by atoms with Crippen molar-refractivity contribution in [2.75, 3.05) is 0 Å². The third kappa shape index (κ3) is 2.24. The van der Waals surface area contributed by atoms with Gasteiger partial charge in [0.25, 0.3) is 0 Å². The van der Waals surface area contributed by atoms with Gasteiger partial charge < -0.3 is 5.11 Å². The molecule has 0 amide bonds. The molecule has 0 aliphatic rings. The molecular formula is C9H9N3O2. The minimum Gasteiger partial charge on any atom is -0.481 e. The van der Waals surface area contributed by atoms with E-state index >= 15 is 0 Å². The van der Waals surface area contributed by atoms with E-state index in [0.29, 0.717) is 5.56 Å². The fraction of sp³-hybridized carbons (Fsp3) is 0.222. The molecule has 1 atom stereocenters. The highest BCUT2D eigenvalue weighted by Crippen LogP contribution is 2.18. The van der Waals surface area contributed by atoms with Crippen LogP contribution in [0.5, 0.6) is 0 Å². The molecular weight excluding hydrogens is 182 g/mol. The Labute approximate surface area is 80.6 Å². The molecule has 1 unspecified atom stereocenters. The maximum Gasteiger partial charge on any atom is 0.316 e. The maximum atomic E-state index is 10.7. The summed E-state index contributed by atoms with van der Waals surface area (Å²) in [5.41, 5.74) is 9.64. The van der Waals surface area contributed by atoms with Gasteiger partial charge in [-0.05, 0) is 18.0 Å². The quantitative estimate of drug-likeness (QED) is 0.452. The molecule has 0 saturated heterocycles. The second kappa shape index (κ2) is 4.30. The first kappa shape index (κ1) is 10.1. The molecule has 5 nitrogen and oxygen atoms in total. The Hall–Kier alpha value is -2.00. The van der Waals surface area contributed by atoms with Crippen LogP contribution >= 0.6 is 0 Å². The number of rotatable bonds is 3. The first-order valence-corrected chi connectivity index (χ1v) is 3.98. The summed E-state index contributed by atoms with van der Waals surface area (Å²) >= 11 is 0. The van der Waals surface area contributed by atoms with Gasteiger partial charge in [-0.3, -0.25) is 4.79 Å². The molecule has 0 heterocycles. The molecule has 0 aliphatic carbocycles. The van der Waals surface area contributed by atoms with Gasteiger partial charge in [-0.25, -0.2) is 0 Å². The van der Waals surface area contributed by atoms with Crippen LogP contribution in [0.2, 0.25) is 0 Å². The summed E-state index contributed by atoms with van der Waals surface area (Å²) in [5.74, 6) is -1.14. The Kier molecular flexibility index (Phi) is 3.09. The van der Waals surface area contributed by atoms with Gasteiger partial charge in [0.15, 0.2) is 6.04 Å². The standard InChI is InChI=1S/C9H9N3O2/c1-6-3-2-4-7(5-6)8(9(13)14)11-12-10/h2-5,8H,1H3,(H,13,14). The lowest BCUT2D eigenvalue weighted by atomic mass is 10.1. The highest BCUT2D eigenvalue weighted by atomic mass is 16.4. The zero-order valence-corrected chi connectivity index (χ0v) is 7.58. The molecule has 14 heavy (non-hydrogen) atoms. The van der Waals surface area contributed by atoms with Crippen LogP contribution < -0.4 is 0 Å². The van der Waals surface area contributed by atoms with Crippen molar-refractivity contribution >= 4 is 5.97 Å². The van der Waals surface area contributed by atoms with E-state index in [1.807, 2.05) is 13.0 Å². The van der Waals surface area contributed by atoms with E-state index in [1.54, 1.807) is 18.2 Å². The van der Waals surface area contributed by atoms with Crippen LogP contribution in [0.1, 0.15) is 17.2 Å². The molecule has 0 bridgehead atoms. The zero-order chi connectivity index (χ0) is 10.6. The Morgan fingerprint density at radius 1 is 1.64 bits per heavy atom. The molecule has 72 valence electrons. The minimum atomic E-state index is -1.14. The molecule has 1 rings (SSSR count). The SMILES string of the molecule is Cc1cccc(C(N=[N+]=[N-])C(=O)O)c1. The van der Waals surface area contributed by atoms with Crippen molar-refractivity contribution < 1.29 is 9.90 Å². The van der Waals surface area contributed by atoms with Gasteiger partial charge in [-0.1, -0.05) is 34.9 Å². The first-order chi connectivity index (χ1) is 6.65. The largest absolute Gasteiger partial charge is 0.481 e. The Morgan fingerprint density at radius 2 is 2.36 bits per heavy atom. The van der Waals surface area contributed by atoms with Crippen LogP contribution in [0.3, 0.4) is 0 Å². The van der Waals surface area contributed by atoms with Crippen LogP contribution in [0.15, 0.2) is 29.4 Å². The Balaban J connectivity index is 3.11. The summed E-state index contributed by atoms with van der Waals surface area (Å²) in [6, 6.07) is 5.75. The number of hydrogen-bond acceptors (Lipinski definition) is 2. The summed E-state index contributed by atoms with van der Waals surface area (Å²) in [5, 5.41) is 12.0. The summed E-state index contributed by atoms with van der Waals surface area (Å²) in [6.45, 7) is 1.85. The molecule has 1 N–H and O–H groups in total. The van der Waals surface area contributed by atoms with Crippen molar-refractivity contribution in [2.24, 2.45) is 5.11 Å². The molecule has 1 aromatic rings. The second-order valence-corrected chi connectivity index (χ2v) is 2.86. The minimum absolute atomic E-state index is 0.496. The maximum absolute atomic E-state index is 10.7. The summed E-state index contributed by atoms with van der Waals surface area (Å²) < 4.78 is 0. The average molecular weight is 191 g/mol. The predicted molar refractivity (Wildman–Crippen MR) is 50.7 cm³/mol. The van der Waals surface area contributed by atoms with Crippen LogP contribution in [0, 0.1) is 6.92 Å². The number of nitrogens with zero attached hydrogens (tertiary/aromatic N) is 3. The normalized spacial score (nSPS) is 11.5.